The van der Waals surface area contributed by atoms with Crippen LogP contribution in [0.15, 0.2) is 36.4 Å². The molecule has 0 heterocycles. The Morgan fingerprint density at radius 1 is 1.00 bits per heavy atom. The molecule has 5 nitrogen and oxygen atoms in total. The number of phenols is 1. The second kappa shape index (κ2) is 16.9. The standard InChI is InChI=1S/C25H41NO4/c1-2-3-4-5-6-7-8-9-10-11-12-13-14-19-24(28)22(26)20-30-25(29)21-17-15-16-18-23(21)27/h14-19,22,24,27-28H,2-13,20,26H2,1H3. The summed E-state index contributed by atoms with van der Waals surface area (Å²) in [6.45, 7) is 2.14. The lowest BCUT2D eigenvalue weighted by Gasteiger charge is -2.16. The van der Waals surface area contributed by atoms with Gasteiger partial charge in [-0.1, -0.05) is 95.4 Å². The summed E-state index contributed by atoms with van der Waals surface area (Å²) >= 11 is 0. The number of rotatable bonds is 17. The normalized spacial score (nSPS) is 13.4. The zero-order valence-corrected chi connectivity index (χ0v) is 18.6. The van der Waals surface area contributed by atoms with Crippen molar-refractivity contribution in [2.24, 2.45) is 5.73 Å². The van der Waals surface area contributed by atoms with Crippen LogP contribution < -0.4 is 5.73 Å². The SMILES string of the molecule is CCCCCCCCCCCCCC=CC(O)C(N)COC(=O)c1ccccc1O. The molecule has 0 aromatic heterocycles. The van der Waals surface area contributed by atoms with Crippen LogP contribution in [0.25, 0.3) is 0 Å². The molecular formula is C25H41NO4. The summed E-state index contributed by atoms with van der Waals surface area (Å²) in [4.78, 5) is 11.9. The zero-order chi connectivity index (χ0) is 22.0. The molecule has 2 atom stereocenters. The first kappa shape index (κ1) is 26.2. The number of allylic oxidation sites excluding steroid dienone is 1. The van der Waals surface area contributed by atoms with Gasteiger partial charge in [0.25, 0.3) is 0 Å². The highest BCUT2D eigenvalue weighted by molar-refractivity contribution is 5.92. The van der Waals surface area contributed by atoms with Crippen LogP contribution in [0.2, 0.25) is 0 Å². The minimum Gasteiger partial charge on any atom is -0.507 e. The molecule has 30 heavy (non-hydrogen) atoms. The second-order valence-electron chi connectivity index (χ2n) is 8.02. The number of benzene rings is 1. The summed E-state index contributed by atoms with van der Waals surface area (Å²) in [5.74, 6) is -0.788. The highest BCUT2D eigenvalue weighted by Crippen LogP contribution is 2.16. The molecular weight excluding hydrogens is 378 g/mol. The van der Waals surface area contributed by atoms with E-state index in [1.165, 1.54) is 76.3 Å². The van der Waals surface area contributed by atoms with Gasteiger partial charge >= 0.3 is 5.97 Å². The fourth-order valence-electron chi connectivity index (χ4n) is 3.30. The Kier molecular flexibility index (Phi) is 14.7. The molecule has 1 aromatic carbocycles. The van der Waals surface area contributed by atoms with Gasteiger partial charge < -0.3 is 20.7 Å². The van der Waals surface area contributed by atoms with Gasteiger partial charge in [-0.2, -0.15) is 0 Å². The average Bonchev–Trinajstić information content (AvgIpc) is 2.75. The number of ether oxygens (including phenoxy) is 1. The average molecular weight is 420 g/mol. The Balaban J connectivity index is 2.04. The highest BCUT2D eigenvalue weighted by atomic mass is 16.5. The minimum absolute atomic E-state index is 0.0891. The molecule has 5 heteroatoms. The fraction of sp³-hybridized carbons (Fsp3) is 0.640. The molecule has 0 amide bonds. The van der Waals surface area contributed by atoms with E-state index in [-0.39, 0.29) is 17.9 Å². The van der Waals surface area contributed by atoms with Crippen molar-refractivity contribution >= 4 is 5.97 Å². The first-order chi connectivity index (χ1) is 14.6. The molecule has 4 N–H and O–H groups in total. The van der Waals surface area contributed by atoms with E-state index < -0.39 is 18.1 Å². The number of nitrogens with two attached hydrogens (primary N) is 1. The molecule has 1 rings (SSSR count). The molecule has 0 bridgehead atoms. The zero-order valence-electron chi connectivity index (χ0n) is 18.6. The topological polar surface area (TPSA) is 92.8 Å². The fourth-order valence-corrected chi connectivity index (χ4v) is 3.30. The van der Waals surface area contributed by atoms with Crippen LogP contribution >= 0.6 is 0 Å². The minimum atomic E-state index is -0.866. The quantitative estimate of drug-likeness (QED) is 0.176. The Morgan fingerprint density at radius 2 is 1.57 bits per heavy atom. The molecule has 0 spiro atoms. The van der Waals surface area contributed by atoms with Crippen molar-refractivity contribution in [3.05, 3.63) is 42.0 Å². The number of unbranched alkanes of at least 4 members (excludes halogenated alkanes) is 11. The molecule has 2 unspecified atom stereocenters. The third kappa shape index (κ3) is 12.0. The van der Waals surface area contributed by atoms with Crippen LogP contribution in [-0.4, -0.2) is 34.9 Å². The van der Waals surface area contributed by atoms with E-state index in [2.05, 4.69) is 6.92 Å². The van der Waals surface area contributed by atoms with Gasteiger partial charge in [0.1, 0.15) is 17.9 Å². The number of hydrogen-bond acceptors (Lipinski definition) is 5. The maximum absolute atomic E-state index is 11.9. The van der Waals surface area contributed by atoms with Gasteiger partial charge in [-0.3, -0.25) is 0 Å². The van der Waals surface area contributed by atoms with Crippen molar-refractivity contribution in [3.8, 4) is 5.75 Å². The number of carbonyl (C=O) groups is 1. The van der Waals surface area contributed by atoms with Crippen LogP contribution in [0.3, 0.4) is 0 Å². The molecule has 0 saturated carbocycles. The first-order valence-corrected chi connectivity index (χ1v) is 11.6. The van der Waals surface area contributed by atoms with Gasteiger partial charge in [0.15, 0.2) is 0 Å². The molecule has 0 aliphatic rings. The van der Waals surface area contributed by atoms with E-state index in [0.717, 1.165) is 12.8 Å². The van der Waals surface area contributed by atoms with Crippen LogP contribution in [0.4, 0.5) is 0 Å². The first-order valence-electron chi connectivity index (χ1n) is 11.6. The Labute approximate surface area is 182 Å². The molecule has 0 aliphatic carbocycles. The number of aliphatic hydroxyl groups is 1. The van der Waals surface area contributed by atoms with Crippen LogP contribution in [0.1, 0.15) is 94.3 Å². The van der Waals surface area contributed by atoms with E-state index in [9.17, 15) is 15.0 Å². The van der Waals surface area contributed by atoms with Crippen molar-refractivity contribution in [3.63, 3.8) is 0 Å². The van der Waals surface area contributed by atoms with Gasteiger partial charge in [-0.05, 0) is 25.0 Å². The molecule has 1 aromatic rings. The molecule has 0 aliphatic heterocycles. The predicted octanol–water partition coefficient (Wildman–Crippen LogP) is 5.49. The second-order valence-corrected chi connectivity index (χ2v) is 8.02. The number of esters is 1. The summed E-state index contributed by atoms with van der Waals surface area (Å²) in [7, 11) is 0. The summed E-state index contributed by atoms with van der Waals surface area (Å²) in [6, 6.07) is 5.47. The van der Waals surface area contributed by atoms with Crippen molar-refractivity contribution in [1.82, 2.24) is 0 Å². The van der Waals surface area contributed by atoms with Gasteiger partial charge in [0.2, 0.25) is 0 Å². The maximum Gasteiger partial charge on any atom is 0.341 e. The Hall–Kier alpha value is -1.85. The van der Waals surface area contributed by atoms with Gasteiger partial charge in [0.05, 0.1) is 12.1 Å². The Bertz CT molecular complexity index is 603. The third-order valence-electron chi connectivity index (χ3n) is 5.28. The summed E-state index contributed by atoms with van der Waals surface area (Å²) in [5, 5.41) is 19.7. The molecule has 0 radical (unpaired) electrons. The van der Waals surface area contributed by atoms with Gasteiger partial charge in [0, 0.05) is 0 Å². The predicted molar refractivity (Wildman–Crippen MR) is 123 cm³/mol. The van der Waals surface area contributed by atoms with E-state index in [1.54, 1.807) is 18.2 Å². The van der Waals surface area contributed by atoms with Gasteiger partial charge in [-0.15, -0.1) is 0 Å². The third-order valence-corrected chi connectivity index (χ3v) is 5.28. The van der Waals surface area contributed by atoms with Gasteiger partial charge in [-0.25, -0.2) is 4.79 Å². The lowest BCUT2D eigenvalue weighted by molar-refractivity contribution is 0.0415. The number of carbonyl (C=O) groups excluding carboxylic acids is 1. The van der Waals surface area contributed by atoms with Crippen molar-refractivity contribution in [2.45, 2.75) is 96.1 Å². The van der Waals surface area contributed by atoms with Crippen molar-refractivity contribution in [1.29, 1.82) is 0 Å². The highest BCUT2D eigenvalue weighted by Gasteiger charge is 2.17. The molecule has 170 valence electrons. The summed E-state index contributed by atoms with van der Waals surface area (Å²) < 4.78 is 5.09. The van der Waals surface area contributed by atoms with Crippen molar-refractivity contribution in [2.75, 3.05) is 6.61 Å². The largest absolute Gasteiger partial charge is 0.507 e. The summed E-state index contributed by atoms with van der Waals surface area (Å²) in [6.07, 6.45) is 18.1. The van der Waals surface area contributed by atoms with Crippen LogP contribution in [0, 0.1) is 0 Å². The van der Waals surface area contributed by atoms with E-state index in [4.69, 9.17) is 10.5 Å². The molecule has 0 saturated heterocycles. The lowest BCUT2D eigenvalue weighted by atomic mass is 10.0. The Morgan fingerprint density at radius 3 is 2.17 bits per heavy atom. The number of phenolic OH excluding ortho intramolecular Hbond substituents is 1. The monoisotopic (exact) mass is 419 g/mol. The molecule has 0 fully saturated rings. The van der Waals surface area contributed by atoms with E-state index in [0.29, 0.717) is 0 Å². The summed E-state index contributed by atoms with van der Waals surface area (Å²) in [5.41, 5.74) is 5.98. The maximum atomic E-state index is 11.9. The van der Waals surface area contributed by atoms with Crippen LogP contribution in [-0.2, 0) is 4.74 Å². The lowest BCUT2D eigenvalue weighted by Crippen LogP contribution is -2.38. The van der Waals surface area contributed by atoms with Crippen LogP contribution in [0.5, 0.6) is 5.75 Å². The van der Waals surface area contributed by atoms with E-state index >= 15 is 0 Å². The number of para-hydroxylation sites is 1. The number of hydrogen-bond donors (Lipinski definition) is 3. The van der Waals surface area contributed by atoms with Crippen molar-refractivity contribution < 1.29 is 19.7 Å². The number of aliphatic hydroxyl groups excluding tert-OH is 1. The number of aromatic hydroxyl groups is 1. The van der Waals surface area contributed by atoms with E-state index in [1.807, 2.05) is 6.08 Å². The smallest absolute Gasteiger partial charge is 0.341 e.